The third-order valence-corrected chi connectivity index (χ3v) is 6.81. The maximum absolute atomic E-state index is 12.7. The van der Waals surface area contributed by atoms with E-state index in [4.69, 9.17) is 26.8 Å². The Labute approximate surface area is 219 Å². The molecule has 0 radical (unpaired) electrons. The van der Waals surface area contributed by atoms with Gasteiger partial charge in [0, 0.05) is 24.5 Å². The summed E-state index contributed by atoms with van der Waals surface area (Å²) in [5.74, 6) is -0.303. The van der Waals surface area contributed by atoms with Crippen molar-refractivity contribution >= 4 is 46.3 Å². The number of rotatable bonds is 11. The first-order valence-electron chi connectivity index (χ1n) is 11.4. The molecule has 0 spiro atoms. The summed E-state index contributed by atoms with van der Waals surface area (Å²) in [6, 6.07) is 25.6. The summed E-state index contributed by atoms with van der Waals surface area (Å²) < 4.78 is 12.3. The van der Waals surface area contributed by atoms with Gasteiger partial charge in [0.25, 0.3) is 5.91 Å². The molecule has 1 heterocycles. The van der Waals surface area contributed by atoms with Crippen LogP contribution in [0.4, 0.5) is 0 Å². The first-order valence-corrected chi connectivity index (χ1v) is 12.7. The highest BCUT2D eigenvalue weighted by atomic mass is 32.2. The number of carboxylic acid groups (broad SMARTS) is 1. The number of nitrogens with zero attached hydrogens (tertiary/aromatic N) is 1. The molecule has 3 aromatic rings. The van der Waals surface area contributed by atoms with Crippen LogP contribution in [0, 0.1) is 0 Å². The van der Waals surface area contributed by atoms with Crippen LogP contribution < -0.4 is 9.47 Å². The number of carbonyl (C=O) groups is 2. The smallest absolute Gasteiger partial charge is 0.323 e. The Hall–Kier alpha value is -3.62. The van der Waals surface area contributed by atoms with Gasteiger partial charge in [-0.25, -0.2) is 0 Å². The molecule has 0 saturated carbocycles. The SMILES string of the molecule is O=C(O)CN1C(=O)C(=Cc2ccc(OCCc3ccccc3)cc2OCCc2ccccc2)SC1=S. The van der Waals surface area contributed by atoms with Gasteiger partial charge in [0.15, 0.2) is 0 Å². The van der Waals surface area contributed by atoms with Crippen LogP contribution in [0.1, 0.15) is 16.7 Å². The van der Waals surface area contributed by atoms with Crippen LogP contribution in [-0.2, 0) is 22.4 Å². The third-order valence-electron chi connectivity index (χ3n) is 5.43. The largest absolute Gasteiger partial charge is 0.493 e. The molecule has 3 aromatic carbocycles. The minimum atomic E-state index is -1.12. The predicted octanol–water partition coefficient (Wildman–Crippen LogP) is 5.22. The molecule has 4 rings (SSSR count). The van der Waals surface area contributed by atoms with E-state index in [1.54, 1.807) is 6.08 Å². The van der Waals surface area contributed by atoms with Gasteiger partial charge < -0.3 is 14.6 Å². The highest BCUT2D eigenvalue weighted by molar-refractivity contribution is 8.26. The van der Waals surface area contributed by atoms with Gasteiger partial charge in [-0.1, -0.05) is 84.6 Å². The molecule has 0 aromatic heterocycles. The molecule has 1 aliphatic rings. The molecule has 0 bridgehead atoms. The molecule has 1 N–H and O–H groups in total. The van der Waals surface area contributed by atoms with Crippen molar-refractivity contribution in [3.8, 4) is 11.5 Å². The molecule has 1 aliphatic heterocycles. The van der Waals surface area contributed by atoms with Crippen LogP contribution in [0.5, 0.6) is 11.5 Å². The molecule has 0 unspecified atom stereocenters. The average Bonchev–Trinajstić information content (AvgIpc) is 3.13. The second-order valence-electron chi connectivity index (χ2n) is 8.03. The second kappa shape index (κ2) is 12.4. The number of ether oxygens (including phenoxy) is 2. The van der Waals surface area contributed by atoms with Gasteiger partial charge in [0.2, 0.25) is 0 Å². The monoisotopic (exact) mass is 519 g/mol. The lowest BCUT2D eigenvalue weighted by atomic mass is 10.1. The van der Waals surface area contributed by atoms with Crippen molar-refractivity contribution in [1.29, 1.82) is 0 Å². The van der Waals surface area contributed by atoms with Gasteiger partial charge in [-0.05, 0) is 29.3 Å². The zero-order chi connectivity index (χ0) is 25.3. The Morgan fingerprint density at radius 3 is 2.14 bits per heavy atom. The Kier molecular flexibility index (Phi) is 8.76. The number of thiocarbonyl (C=S) groups is 1. The lowest BCUT2D eigenvalue weighted by molar-refractivity contribution is -0.140. The first kappa shape index (κ1) is 25.5. The third kappa shape index (κ3) is 6.96. The highest BCUT2D eigenvalue weighted by Gasteiger charge is 2.33. The maximum Gasteiger partial charge on any atom is 0.323 e. The zero-order valence-corrected chi connectivity index (χ0v) is 21.1. The average molecular weight is 520 g/mol. The molecule has 0 atom stereocenters. The van der Waals surface area contributed by atoms with Crippen LogP contribution in [0.2, 0.25) is 0 Å². The maximum atomic E-state index is 12.7. The minimum absolute atomic E-state index is 0.223. The molecular weight excluding hydrogens is 494 g/mol. The number of carboxylic acids is 1. The number of carbonyl (C=O) groups excluding carboxylic acids is 1. The van der Waals surface area contributed by atoms with Gasteiger partial charge >= 0.3 is 5.97 Å². The fourth-order valence-corrected chi connectivity index (χ4v) is 4.86. The second-order valence-corrected chi connectivity index (χ2v) is 9.71. The number of benzene rings is 3. The van der Waals surface area contributed by atoms with E-state index in [-0.39, 0.29) is 4.32 Å². The summed E-state index contributed by atoms with van der Waals surface area (Å²) in [5, 5.41) is 9.08. The zero-order valence-electron chi connectivity index (χ0n) is 19.5. The topological polar surface area (TPSA) is 76.1 Å². The molecule has 1 saturated heterocycles. The van der Waals surface area contributed by atoms with Gasteiger partial charge in [0.05, 0.1) is 18.1 Å². The van der Waals surface area contributed by atoms with E-state index in [1.807, 2.05) is 66.7 Å². The van der Waals surface area contributed by atoms with E-state index in [0.29, 0.717) is 35.2 Å². The van der Waals surface area contributed by atoms with Crippen molar-refractivity contribution in [2.75, 3.05) is 19.8 Å². The number of aliphatic carboxylic acids is 1. The summed E-state index contributed by atoms with van der Waals surface area (Å²) in [7, 11) is 0. The first-order chi connectivity index (χ1) is 17.5. The quantitative estimate of drug-likeness (QED) is 0.275. The van der Waals surface area contributed by atoms with Gasteiger partial charge in [0.1, 0.15) is 22.4 Å². The Morgan fingerprint density at radius 1 is 0.917 bits per heavy atom. The van der Waals surface area contributed by atoms with E-state index >= 15 is 0 Å². The van der Waals surface area contributed by atoms with Crippen molar-refractivity contribution in [3.63, 3.8) is 0 Å². The Bertz CT molecular complexity index is 1260. The van der Waals surface area contributed by atoms with E-state index < -0.39 is 18.4 Å². The number of hydrogen-bond acceptors (Lipinski definition) is 6. The summed E-state index contributed by atoms with van der Waals surface area (Å²) in [4.78, 5) is 25.3. The van der Waals surface area contributed by atoms with E-state index in [9.17, 15) is 9.59 Å². The Morgan fingerprint density at radius 2 is 1.53 bits per heavy atom. The van der Waals surface area contributed by atoms with Gasteiger partial charge in [-0.3, -0.25) is 14.5 Å². The standard InChI is InChI=1S/C28H25NO5S2/c30-26(31)19-29-27(32)25(36-28(29)35)17-22-11-12-23(33-15-13-20-7-3-1-4-8-20)18-24(22)34-16-14-21-9-5-2-6-10-21/h1-12,17-18H,13-16,19H2,(H,30,31). The summed E-state index contributed by atoms with van der Waals surface area (Å²) in [6.07, 6.45) is 3.19. The van der Waals surface area contributed by atoms with Gasteiger partial charge in [-0.15, -0.1) is 0 Å². The highest BCUT2D eigenvalue weighted by Crippen LogP contribution is 2.35. The van der Waals surface area contributed by atoms with Crippen molar-refractivity contribution in [3.05, 3.63) is 100 Å². The van der Waals surface area contributed by atoms with Crippen molar-refractivity contribution in [1.82, 2.24) is 4.90 Å². The van der Waals surface area contributed by atoms with Crippen LogP contribution >= 0.6 is 24.0 Å². The van der Waals surface area contributed by atoms with Crippen molar-refractivity contribution in [2.45, 2.75) is 12.8 Å². The molecule has 8 heteroatoms. The van der Waals surface area contributed by atoms with E-state index in [0.717, 1.165) is 35.1 Å². The predicted molar refractivity (Wildman–Crippen MR) is 145 cm³/mol. The van der Waals surface area contributed by atoms with Crippen LogP contribution in [-0.4, -0.2) is 46.0 Å². The molecular formula is C28H25NO5S2. The lowest BCUT2D eigenvalue weighted by Gasteiger charge is -2.13. The van der Waals surface area contributed by atoms with Gasteiger partial charge in [-0.2, -0.15) is 0 Å². The van der Waals surface area contributed by atoms with Crippen LogP contribution in [0.3, 0.4) is 0 Å². The molecule has 36 heavy (non-hydrogen) atoms. The van der Waals surface area contributed by atoms with Crippen molar-refractivity contribution in [2.24, 2.45) is 0 Å². The number of amides is 1. The lowest BCUT2D eigenvalue weighted by Crippen LogP contribution is -2.33. The molecule has 6 nitrogen and oxygen atoms in total. The van der Waals surface area contributed by atoms with Crippen LogP contribution in [0.25, 0.3) is 6.08 Å². The fourth-order valence-electron chi connectivity index (χ4n) is 3.62. The minimum Gasteiger partial charge on any atom is -0.493 e. The van der Waals surface area contributed by atoms with Crippen LogP contribution in [0.15, 0.2) is 83.8 Å². The number of hydrogen-bond donors (Lipinski definition) is 1. The Balaban J connectivity index is 1.50. The summed E-state index contributed by atoms with van der Waals surface area (Å²) >= 11 is 6.29. The number of thioether (sulfide) groups is 1. The molecule has 1 fully saturated rings. The van der Waals surface area contributed by atoms with E-state index in [2.05, 4.69) is 12.1 Å². The van der Waals surface area contributed by atoms with E-state index in [1.165, 1.54) is 5.56 Å². The van der Waals surface area contributed by atoms with Crippen molar-refractivity contribution < 1.29 is 24.2 Å². The molecule has 0 aliphatic carbocycles. The normalized spacial score (nSPS) is 14.3. The summed E-state index contributed by atoms with van der Waals surface area (Å²) in [6.45, 7) is 0.496. The fraction of sp³-hybridized carbons (Fsp3) is 0.179. The summed E-state index contributed by atoms with van der Waals surface area (Å²) in [5.41, 5.74) is 3.04. The molecule has 184 valence electrons. The molecule has 1 amide bonds.